The van der Waals surface area contributed by atoms with Gasteiger partial charge < -0.3 is 9.47 Å². The molecule has 2 atom stereocenters. The fourth-order valence-corrected chi connectivity index (χ4v) is 3.32. The van der Waals surface area contributed by atoms with Crippen LogP contribution >= 0.6 is 11.8 Å². The Kier molecular flexibility index (Phi) is 5.06. The first-order valence-corrected chi connectivity index (χ1v) is 7.55. The zero-order valence-corrected chi connectivity index (χ0v) is 12.4. The van der Waals surface area contributed by atoms with Crippen molar-refractivity contribution in [1.82, 2.24) is 0 Å². The highest BCUT2D eigenvalue weighted by molar-refractivity contribution is 8.00. The molecule has 0 bridgehead atoms. The molecular weight excluding hydrogens is 276 g/mol. The molecule has 1 saturated heterocycles. The van der Waals surface area contributed by atoms with E-state index in [1.807, 2.05) is 19.1 Å². The molecule has 0 aromatic heterocycles. The Balaban J connectivity index is 1.77. The summed E-state index contributed by atoms with van der Waals surface area (Å²) in [5, 5.41) is 0.203. The third-order valence-electron chi connectivity index (χ3n) is 3.05. The van der Waals surface area contributed by atoms with E-state index in [1.165, 1.54) is 6.92 Å². The van der Waals surface area contributed by atoms with Crippen LogP contribution in [0, 0.1) is 6.92 Å². The number of ether oxygens (including phenoxy) is 2. The molecule has 108 valence electrons. The lowest BCUT2D eigenvalue weighted by Gasteiger charge is -2.12. The third kappa shape index (κ3) is 4.27. The topological polar surface area (TPSA) is 52.6 Å². The molecule has 2 rings (SSSR count). The van der Waals surface area contributed by atoms with E-state index in [1.54, 1.807) is 23.9 Å². The predicted molar refractivity (Wildman–Crippen MR) is 77.6 cm³/mol. The van der Waals surface area contributed by atoms with E-state index in [4.69, 9.17) is 9.47 Å². The summed E-state index contributed by atoms with van der Waals surface area (Å²) in [6.45, 7) is 3.74. The summed E-state index contributed by atoms with van der Waals surface area (Å²) in [5.74, 6) is -0.568. The van der Waals surface area contributed by atoms with E-state index in [9.17, 15) is 9.59 Å². The molecule has 1 fully saturated rings. The number of hydrogen-bond acceptors (Lipinski definition) is 5. The molecule has 0 spiro atoms. The van der Waals surface area contributed by atoms with Crippen LogP contribution in [0.15, 0.2) is 24.3 Å². The fraction of sp³-hybridized carbons (Fsp3) is 0.467. The van der Waals surface area contributed by atoms with Gasteiger partial charge in [0.1, 0.15) is 12.0 Å². The van der Waals surface area contributed by atoms with Crippen LogP contribution in [0.1, 0.15) is 35.7 Å². The fourth-order valence-electron chi connectivity index (χ4n) is 2.01. The molecule has 4 nitrogen and oxygen atoms in total. The molecule has 1 unspecified atom stereocenters. The number of carbonyl (C=O) groups is 2. The lowest BCUT2D eigenvalue weighted by molar-refractivity contribution is -0.142. The Hall–Kier alpha value is -1.49. The van der Waals surface area contributed by atoms with Crippen LogP contribution in [0.5, 0.6) is 0 Å². The van der Waals surface area contributed by atoms with Crippen molar-refractivity contribution in [3.8, 4) is 0 Å². The summed E-state index contributed by atoms with van der Waals surface area (Å²) >= 11 is 1.56. The maximum absolute atomic E-state index is 11.9. The number of carbonyl (C=O) groups excluding carboxylic acids is 2. The second-order valence-electron chi connectivity index (χ2n) is 4.84. The standard InChI is InChI=1S/C15H18O4S/c1-10-3-5-12(6-4-10)15(17)18-9-13-7-8-14(20-13)19-11(2)16/h3-6,13-14H,7-9H2,1-2H3/t13-,14?/m0/s1. The van der Waals surface area contributed by atoms with E-state index in [2.05, 4.69) is 0 Å². The van der Waals surface area contributed by atoms with Crippen molar-refractivity contribution in [2.75, 3.05) is 6.61 Å². The molecule has 0 N–H and O–H groups in total. The van der Waals surface area contributed by atoms with Gasteiger partial charge in [-0.1, -0.05) is 17.7 Å². The normalized spacial score (nSPS) is 21.5. The summed E-state index contributed by atoms with van der Waals surface area (Å²) in [7, 11) is 0. The molecule has 1 aromatic rings. The molecule has 1 heterocycles. The van der Waals surface area contributed by atoms with Crippen LogP contribution < -0.4 is 0 Å². The lowest BCUT2D eigenvalue weighted by Crippen LogP contribution is -2.14. The van der Waals surface area contributed by atoms with Crippen LogP contribution in [0.25, 0.3) is 0 Å². The van der Waals surface area contributed by atoms with E-state index < -0.39 is 0 Å². The quantitative estimate of drug-likeness (QED) is 0.799. The monoisotopic (exact) mass is 294 g/mol. The van der Waals surface area contributed by atoms with Gasteiger partial charge in [-0.2, -0.15) is 0 Å². The van der Waals surface area contributed by atoms with Crippen molar-refractivity contribution in [2.45, 2.75) is 37.4 Å². The first-order valence-electron chi connectivity index (χ1n) is 6.61. The number of hydrogen-bond donors (Lipinski definition) is 0. The second-order valence-corrected chi connectivity index (χ2v) is 6.30. The van der Waals surface area contributed by atoms with Crippen molar-refractivity contribution >= 4 is 23.7 Å². The Labute approximate surface area is 122 Å². The largest absolute Gasteiger partial charge is 0.461 e. The predicted octanol–water partition coefficient (Wildman–Crippen LogP) is 2.94. The van der Waals surface area contributed by atoms with Gasteiger partial charge in [0.15, 0.2) is 0 Å². The van der Waals surface area contributed by atoms with Gasteiger partial charge in [-0.05, 0) is 31.9 Å². The molecule has 0 amide bonds. The minimum Gasteiger partial charge on any atom is -0.461 e. The molecule has 20 heavy (non-hydrogen) atoms. The van der Waals surface area contributed by atoms with Crippen LogP contribution in [-0.4, -0.2) is 29.2 Å². The highest BCUT2D eigenvalue weighted by atomic mass is 32.2. The van der Waals surface area contributed by atoms with E-state index in [-0.39, 0.29) is 22.6 Å². The van der Waals surface area contributed by atoms with Crippen molar-refractivity contribution in [3.63, 3.8) is 0 Å². The zero-order valence-electron chi connectivity index (χ0n) is 11.6. The van der Waals surface area contributed by atoms with Gasteiger partial charge in [0.2, 0.25) is 0 Å². The van der Waals surface area contributed by atoms with Gasteiger partial charge in [-0.15, -0.1) is 11.8 Å². The molecule has 0 saturated carbocycles. The maximum atomic E-state index is 11.9. The Morgan fingerprint density at radius 3 is 2.60 bits per heavy atom. The highest BCUT2D eigenvalue weighted by Crippen LogP contribution is 2.34. The molecule has 0 radical (unpaired) electrons. The highest BCUT2D eigenvalue weighted by Gasteiger charge is 2.28. The molecule has 1 aliphatic rings. The van der Waals surface area contributed by atoms with Crippen LogP contribution in [-0.2, 0) is 14.3 Å². The number of thioether (sulfide) groups is 1. The van der Waals surface area contributed by atoms with Crippen molar-refractivity contribution < 1.29 is 19.1 Å². The van der Waals surface area contributed by atoms with Crippen LogP contribution in [0.2, 0.25) is 0 Å². The number of rotatable bonds is 4. The number of esters is 2. The van der Waals surface area contributed by atoms with Crippen molar-refractivity contribution in [2.24, 2.45) is 0 Å². The molecule has 1 aliphatic heterocycles. The van der Waals surface area contributed by atoms with Gasteiger partial charge in [0, 0.05) is 12.2 Å². The second kappa shape index (κ2) is 6.79. The molecule has 5 heteroatoms. The Morgan fingerprint density at radius 2 is 1.95 bits per heavy atom. The van der Waals surface area contributed by atoms with Gasteiger partial charge in [0.25, 0.3) is 0 Å². The summed E-state index contributed by atoms with van der Waals surface area (Å²) < 4.78 is 10.4. The van der Waals surface area contributed by atoms with Crippen molar-refractivity contribution in [1.29, 1.82) is 0 Å². The number of benzene rings is 1. The first-order chi connectivity index (χ1) is 9.54. The van der Waals surface area contributed by atoms with Gasteiger partial charge in [-0.25, -0.2) is 4.79 Å². The van der Waals surface area contributed by atoms with Gasteiger partial charge in [-0.3, -0.25) is 4.79 Å². The van der Waals surface area contributed by atoms with E-state index >= 15 is 0 Å². The van der Waals surface area contributed by atoms with Gasteiger partial charge in [0.05, 0.1) is 5.56 Å². The zero-order chi connectivity index (χ0) is 14.5. The van der Waals surface area contributed by atoms with Crippen LogP contribution in [0.3, 0.4) is 0 Å². The Bertz CT molecular complexity index is 483. The minimum atomic E-state index is -0.304. The third-order valence-corrected chi connectivity index (χ3v) is 4.45. The summed E-state index contributed by atoms with van der Waals surface area (Å²) in [6.07, 6.45) is 1.71. The molecule has 1 aromatic carbocycles. The molecule has 0 aliphatic carbocycles. The minimum absolute atomic E-state index is 0.101. The summed E-state index contributed by atoms with van der Waals surface area (Å²) in [4.78, 5) is 22.7. The SMILES string of the molecule is CC(=O)OC1CC[C@@H](COC(=O)c2ccc(C)cc2)S1. The average molecular weight is 294 g/mol. The summed E-state index contributed by atoms with van der Waals surface area (Å²) in [6, 6.07) is 7.30. The number of aryl methyl sites for hydroxylation is 1. The smallest absolute Gasteiger partial charge is 0.338 e. The average Bonchev–Trinajstić information content (AvgIpc) is 2.83. The molecular formula is C15H18O4S. The van der Waals surface area contributed by atoms with E-state index in [0.717, 1.165) is 18.4 Å². The van der Waals surface area contributed by atoms with Crippen molar-refractivity contribution in [3.05, 3.63) is 35.4 Å². The lowest BCUT2D eigenvalue weighted by atomic mass is 10.1. The Morgan fingerprint density at radius 1 is 1.25 bits per heavy atom. The summed E-state index contributed by atoms with van der Waals surface area (Å²) in [5.41, 5.74) is 1.57. The maximum Gasteiger partial charge on any atom is 0.338 e. The first kappa shape index (κ1) is 14.9. The van der Waals surface area contributed by atoms with Crippen LogP contribution in [0.4, 0.5) is 0 Å². The van der Waals surface area contributed by atoms with Gasteiger partial charge >= 0.3 is 11.9 Å². The van der Waals surface area contributed by atoms with E-state index in [0.29, 0.717) is 12.2 Å².